The van der Waals surface area contributed by atoms with Crippen molar-refractivity contribution in [1.82, 2.24) is 5.32 Å². The molecular formula is C17H22BrNO2. The molecule has 0 amide bonds. The zero-order chi connectivity index (χ0) is 15.2. The van der Waals surface area contributed by atoms with Crippen LogP contribution in [0.25, 0.3) is 10.8 Å². The van der Waals surface area contributed by atoms with Crippen molar-refractivity contribution >= 4 is 26.7 Å². The van der Waals surface area contributed by atoms with E-state index in [1.165, 1.54) is 5.39 Å². The van der Waals surface area contributed by atoms with Gasteiger partial charge in [-0.2, -0.15) is 0 Å². The van der Waals surface area contributed by atoms with E-state index in [9.17, 15) is 0 Å². The molecule has 4 heteroatoms. The van der Waals surface area contributed by atoms with Crippen LogP contribution in [0.15, 0.2) is 40.9 Å². The first-order valence-electron chi connectivity index (χ1n) is 7.18. The highest BCUT2D eigenvalue weighted by molar-refractivity contribution is 9.10. The molecule has 1 atom stereocenters. The maximum absolute atomic E-state index is 6.11. The fraction of sp³-hybridized carbons (Fsp3) is 0.412. The summed E-state index contributed by atoms with van der Waals surface area (Å²) in [4.78, 5) is 0. The molecule has 2 aromatic carbocycles. The zero-order valence-electron chi connectivity index (χ0n) is 12.7. The minimum absolute atomic E-state index is 0.0186. The SMILES string of the molecule is COCC(CNC(C)C)Oc1ccc2ccccc2c1Br. The van der Waals surface area contributed by atoms with E-state index < -0.39 is 0 Å². The summed E-state index contributed by atoms with van der Waals surface area (Å²) in [6.07, 6.45) is -0.0186. The van der Waals surface area contributed by atoms with Crippen LogP contribution in [-0.4, -0.2) is 32.4 Å². The van der Waals surface area contributed by atoms with Crippen molar-refractivity contribution in [3.05, 3.63) is 40.9 Å². The molecule has 0 fully saturated rings. The van der Waals surface area contributed by atoms with E-state index in [1.807, 2.05) is 18.2 Å². The van der Waals surface area contributed by atoms with Crippen molar-refractivity contribution < 1.29 is 9.47 Å². The first kappa shape index (κ1) is 16.3. The Morgan fingerprint density at radius 1 is 1.14 bits per heavy atom. The van der Waals surface area contributed by atoms with Crippen molar-refractivity contribution in [1.29, 1.82) is 0 Å². The summed E-state index contributed by atoms with van der Waals surface area (Å²) in [5.41, 5.74) is 0. The summed E-state index contributed by atoms with van der Waals surface area (Å²) < 4.78 is 12.4. The predicted molar refractivity (Wildman–Crippen MR) is 91.1 cm³/mol. The number of halogens is 1. The number of hydrogen-bond donors (Lipinski definition) is 1. The second-order valence-corrected chi connectivity index (χ2v) is 6.15. The molecule has 0 aliphatic carbocycles. The molecule has 0 spiro atoms. The zero-order valence-corrected chi connectivity index (χ0v) is 14.3. The Morgan fingerprint density at radius 2 is 1.90 bits per heavy atom. The number of methoxy groups -OCH3 is 1. The molecule has 1 unspecified atom stereocenters. The average molecular weight is 352 g/mol. The third kappa shape index (κ3) is 4.43. The van der Waals surface area contributed by atoms with Crippen molar-refractivity contribution in [2.45, 2.75) is 26.0 Å². The molecule has 1 N–H and O–H groups in total. The van der Waals surface area contributed by atoms with Gasteiger partial charge >= 0.3 is 0 Å². The van der Waals surface area contributed by atoms with Crippen LogP contribution < -0.4 is 10.1 Å². The number of fused-ring (bicyclic) bond motifs is 1. The fourth-order valence-electron chi connectivity index (χ4n) is 2.17. The number of ether oxygens (including phenoxy) is 2. The highest BCUT2D eigenvalue weighted by Gasteiger charge is 2.14. The molecule has 2 rings (SSSR count). The maximum Gasteiger partial charge on any atom is 0.134 e. The van der Waals surface area contributed by atoms with Gasteiger partial charge in [-0.25, -0.2) is 0 Å². The first-order chi connectivity index (χ1) is 10.1. The molecule has 0 bridgehead atoms. The number of rotatable bonds is 7. The van der Waals surface area contributed by atoms with Crippen molar-refractivity contribution in [2.24, 2.45) is 0 Å². The molecule has 114 valence electrons. The van der Waals surface area contributed by atoms with Crippen molar-refractivity contribution in [3.8, 4) is 5.75 Å². The van der Waals surface area contributed by atoms with Crippen LogP contribution in [0.5, 0.6) is 5.75 Å². The summed E-state index contributed by atoms with van der Waals surface area (Å²) in [7, 11) is 1.70. The van der Waals surface area contributed by atoms with Gasteiger partial charge in [0.2, 0.25) is 0 Å². The van der Waals surface area contributed by atoms with Gasteiger partial charge in [-0.05, 0) is 32.8 Å². The van der Waals surface area contributed by atoms with E-state index in [0.29, 0.717) is 12.6 Å². The molecule has 0 heterocycles. The Balaban J connectivity index is 2.17. The van der Waals surface area contributed by atoms with Crippen LogP contribution in [0.3, 0.4) is 0 Å². The van der Waals surface area contributed by atoms with Crippen LogP contribution in [0.2, 0.25) is 0 Å². The summed E-state index contributed by atoms with van der Waals surface area (Å²) in [6, 6.07) is 12.8. The summed E-state index contributed by atoms with van der Waals surface area (Å²) in [6.45, 7) is 5.55. The lowest BCUT2D eigenvalue weighted by Crippen LogP contribution is -2.38. The van der Waals surface area contributed by atoms with Gasteiger partial charge in [0.15, 0.2) is 0 Å². The molecule has 0 saturated heterocycles. The van der Waals surface area contributed by atoms with Gasteiger partial charge in [-0.15, -0.1) is 0 Å². The normalized spacial score (nSPS) is 12.8. The Morgan fingerprint density at radius 3 is 2.62 bits per heavy atom. The molecule has 0 aliphatic rings. The average Bonchev–Trinajstić information content (AvgIpc) is 2.48. The molecule has 21 heavy (non-hydrogen) atoms. The van der Waals surface area contributed by atoms with E-state index in [2.05, 4.69) is 53.3 Å². The van der Waals surface area contributed by atoms with Crippen LogP contribution in [0.4, 0.5) is 0 Å². The molecule has 3 nitrogen and oxygen atoms in total. The van der Waals surface area contributed by atoms with Gasteiger partial charge in [0.1, 0.15) is 11.9 Å². The third-order valence-corrected chi connectivity index (χ3v) is 4.05. The minimum Gasteiger partial charge on any atom is -0.485 e. The van der Waals surface area contributed by atoms with Crippen LogP contribution in [-0.2, 0) is 4.74 Å². The first-order valence-corrected chi connectivity index (χ1v) is 7.97. The largest absolute Gasteiger partial charge is 0.485 e. The van der Waals surface area contributed by atoms with Gasteiger partial charge in [-0.3, -0.25) is 0 Å². The van der Waals surface area contributed by atoms with Crippen LogP contribution in [0.1, 0.15) is 13.8 Å². The van der Waals surface area contributed by atoms with Gasteiger partial charge in [0.25, 0.3) is 0 Å². The lowest BCUT2D eigenvalue weighted by Gasteiger charge is -2.21. The van der Waals surface area contributed by atoms with E-state index in [1.54, 1.807) is 7.11 Å². The Labute approximate surface area is 134 Å². The van der Waals surface area contributed by atoms with E-state index >= 15 is 0 Å². The quantitative estimate of drug-likeness (QED) is 0.817. The highest BCUT2D eigenvalue weighted by atomic mass is 79.9. The van der Waals surface area contributed by atoms with Crippen molar-refractivity contribution in [2.75, 3.05) is 20.3 Å². The molecule has 0 aliphatic heterocycles. The van der Waals surface area contributed by atoms with E-state index in [4.69, 9.17) is 9.47 Å². The lowest BCUT2D eigenvalue weighted by molar-refractivity contribution is 0.0790. The fourth-order valence-corrected chi connectivity index (χ4v) is 2.76. The summed E-state index contributed by atoms with van der Waals surface area (Å²) in [5, 5.41) is 5.74. The standard InChI is InChI=1S/C17H22BrNO2/c1-12(2)19-10-14(11-20-3)21-16-9-8-13-6-4-5-7-15(13)17(16)18/h4-9,12,14,19H,10-11H2,1-3H3. The molecular weight excluding hydrogens is 330 g/mol. The second-order valence-electron chi connectivity index (χ2n) is 5.36. The summed E-state index contributed by atoms with van der Waals surface area (Å²) >= 11 is 3.66. The number of benzene rings is 2. The highest BCUT2D eigenvalue weighted by Crippen LogP contribution is 2.33. The monoisotopic (exact) mass is 351 g/mol. The Hall–Kier alpha value is -1.10. The van der Waals surface area contributed by atoms with Crippen LogP contribution in [0, 0.1) is 0 Å². The van der Waals surface area contributed by atoms with Gasteiger partial charge in [0.05, 0.1) is 11.1 Å². The molecule has 0 saturated carbocycles. The second kappa shape index (κ2) is 7.78. The third-order valence-electron chi connectivity index (χ3n) is 3.23. The van der Waals surface area contributed by atoms with Crippen molar-refractivity contribution in [3.63, 3.8) is 0 Å². The van der Waals surface area contributed by atoms with Gasteiger partial charge < -0.3 is 14.8 Å². The Bertz CT molecular complexity index is 586. The van der Waals surface area contributed by atoms with E-state index in [0.717, 1.165) is 22.2 Å². The Kier molecular flexibility index (Phi) is 6.03. The predicted octanol–water partition coefficient (Wildman–Crippen LogP) is 3.99. The number of hydrogen-bond acceptors (Lipinski definition) is 3. The topological polar surface area (TPSA) is 30.5 Å². The van der Waals surface area contributed by atoms with Crippen LogP contribution >= 0.6 is 15.9 Å². The minimum atomic E-state index is -0.0186. The smallest absolute Gasteiger partial charge is 0.134 e. The molecule has 0 radical (unpaired) electrons. The molecule has 2 aromatic rings. The van der Waals surface area contributed by atoms with Gasteiger partial charge in [0, 0.05) is 19.7 Å². The van der Waals surface area contributed by atoms with Gasteiger partial charge in [-0.1, -0.05) is 44.2 Å². The lowest BCUT2D eigenvalue weighted by atomic mass is 10.1. The summed E-state index contributed by atoms with van der Waals surface area (Å²) in [5.74, 6) is 0.848. The number of nitrogens with one attached hydrogen (secondary N) is 1. The maximum atomic E-state index is 6.11. The molecule has 0 aromatic heterocycles. The van der Waals surface area contributed by atoms with E-state index in [-0.39, 0.29) is 6.10 Å².